The molecule has 1 unspecified atom stereocenters. The van der Waals surface area contributed by atoms with Crippen molar-refractivity contribution >= 4 is 29.1 Å². The molecule has 2 aromatic rings. The molecule has 0 radical (unpaired) electrons. The number of aromatic amines is 1. The van der Waals surface area contributed by atoms with Gasteiger partial charge < -0.3 is 15.4 Å². The van der Waals surface area contributed by atoms with Crippen molar-refractivity contribution in [3.05, 3.63) is 57.3 Å². The number of H-pyrrole nitrogens is 1. The van der Waals surface area contributed by atoms with Crippen LogP contribution in [0.2, 0.25) is 10.0 Å². The lowest BCUT2D eigenvalue weighted by Crippen LogP contribution is -2.46. The molecule has 4 nitrogen and oxygen atoms in total. The predicted molar refractivity (Wildman–Crippen MR) is 83.9 cm³/mol. The smallest absolute Gasteiger partial charge is 0.253 e. The van der Waals surface area contributed by atoms with E-state index in [2.05, 4.69) is 10.3 Å². The number of carbonyl (C=O) groups is 1. The second kappa shape index (κ2) is 6.10. The Morgan fingerprint density at radius 2 is 1.90 bits per heavy atom. The fraction of sp³-hybridized carbons (Fsp3) is 0.267. The van der Waals surface area contributed by atoms with E-state index < -0.39 is 5.54 Å². The summed E-state index contributed by atoms with van der Waals surface area (Å²) in [7, 11) is 0. The van der Waals surface area contributed by atoms with E-state index in [1.54, 1.807) is 37.5 Å². The molecule has 0 aliphatic rings. The van der Waals surface area contributed by atoms with E-state index in [0.717, 1.165) is 5.56 Å². The van der Waals surface area contributed by atoms with E-state index in [4.69, 9.17) is 23.2 Å². The zero-order chi connectivity index (χ0) is 15.6. The van der Waals surface area contributed by atoms with Crippen molar-refractivity contribution in [2.24, 2.45) is 0 Å². The normalized spacial score (nSPS) is 13.8. The summed E-state index contributed by atoms with van der Waals surface area (Å²) in [5, 5.41) is 13.5. The van der Waals surface area contributed by atoms with E-state index in [1.807, 2.05) is 6.92 Å². The molecule has 2 rings (SSSR count). The predicted octanol–water partition coefficient (Wildman–Crippen LogP) is 3.27. The molecule has 0 saturated heterocycles. The van der Waals surface area contributed by atoms with Gasteiger partial charge in [-0.2, -0.15) is 0 Å². The number of hydrogen-bond acceptors (Lipinski definition) is 2. The summed E-state index contributed by atoms with van der Waals surface area (Å²) in [6.45, 7) is 3.27. The van der Waals surface area contributed by atoms with Crippen molar-refractivity contribution in [1.82, 2.24) is 10.3 Å². The Hall–Kier alpha value is -1.49. The first kappa shape index (κ1) is 15.9. The van der Waals surface area contributed by atoms with Crippen molar-refractivity contribution in [3.8, 4) is 0 Å². The van der Waals surface area contributed by atoms with Crippen LogP contribution in [0.3, 0.4) is 0 Å². The minimum absolute atomic E-state index is 0.276. The molecule has 0 bridgehead atoms. The van der Waals surface area contributed by atoms with Crippen LogP contribution >= 0.6 is 23.2 Å². The van der Waals surface area contributed by atoms with Crippen molar-refractivity contribution < 1.29 is 9.90 Å². The Balaban J connectivity index is 2.33. The summed E-state index contributed by atoms with van der Waals surface area (Å²) in [5.41, 5.74) is 1.03. The van der Waals surface area contributed by atoms with Crippen LogP contribution < -0.4 is 5.32 Å². The number of amides is 1. The Bertz CT molecular complexity index is 649. The molecule has 0 spiro atoms. The highest BCUT2D eigenvalue weighted by Crippen LogP contribution is 2.28. The van der Waals surface area contributed by atoms with Crippen molar-refractivity contribution in [1.29, 1.82) is 0 Å². The number of halogens is 2. The molecule has 1 amide bonds. The summed E-state index contributed by atoms with van der Waals surface area (Å²) in [6, 6.07) is 4.95. The second-order valence-electron chi connectivity index (χ2n) is 5.15. The highest BCUT2D eigenvalue weighted by molar-refractivity contribution is 6.34. The average molecular weight is 327 g/mol. The number of aliphatic hydroxyl groups is 1. The maximum Gasteiger partial charge on any atom is 0.253 e. The molecule has 0 aliphatic heterocycles. The third kappa shape index (κ3) is 3.40. The van der Waals surface area contributed by atoms with Gasteiger partial charge in [0.05, 0.1) is 17.7 Å². The molecular weight excluding hydrogens is 311 g/mol. The zero-order valence-corrected chi connectivity index (χ0v) is 13.2. The molecule has 6 heteroatoms. The summed E-state index contributed by atoms with van der Waals surface area (Å²) >= 11 is 12.0. The fourth-order valence-corrected chi connectivity index (χ4v) is 2.61. The van der Waals surface area contributed by atoms with Crippen LogP contribution in [0.25, 0.3) is 0 Å². The highest BCUT2D eigenvalue weighted by Gasteiger charge is 2.29. The Morgan fingerprint density at radius 1 is 1.29 bits per heavy atom. The van der Waals surface area contributed by atoms with Gasteiger partial charge in [-0.05, 0) is 43.2 Å². The fourth-order valence-electron chi connectivity index (χ4n) is 2.08. The van der Waals surface area contributed by atoms with Gasteiger partial charge in [-0.15, -0.1) is 0 Å². The van der Waals surface area contributed by atoms with E-state index in [-0.39, 0.29) is 12.5 Å². The Morgan fingerprint density at radius 3 is 2.38 bits per heavy atom. The summed E-state index contributed by atoms with van der Waals surface area (Å²) < 4.78 is 0. The molecule has 0 aliphatic carbocycles. The van der Waals surface area contributed by atoms with Crippen LogP contribution in [-0.2, 0) is 5.54 Å². The average Bonchev–Trinajstić information content (AvgIpc) is 2.83. The number of rotatable bonds is 4. The van der Waals surface area contributed by atoms with Crippen LogP contribution in [-0.4, -0.2) is 22.6 Å². The maximum absolute atomic E-state index is 12.3. The van der Waals surface area contributed by atoms with Crippen LogP contribution in [0.15, 0.2) is 30.6 Å². The third-order valence-corrected chi connectivity index (χ3v) is 3.84. The quantitative estimate of drug-likeness (QED) is 0.807. The van der Waals surface area contributed by atoms with E-state index >= 15 is 0 Å². The van der Waals surface area contributed by atoms with E-state index in [1.165, 1.54) is 0 Å². The molecule has 1 aromatic heterocycles. The van der Waals surface area contributed by atoms with Crippen molar-refractivity contribution in [2.75, 3.05) is 6.61 Å². The first-order valence-corrected chi connectivity index (χ1v) is 7.14. The molecule has 0 fully saturated rings. The number of nitrogens with one attached hydrogen (secondary N) is 2. The third-order valence-electron chi connectivity index (χ3n) is 3.40. The Labute approximate surface area is 133 Å². The van der Waals surface area contributed by atoms with Crippen molar-refractivity contribution in [2.45, 2.75) is 19.4 Å². The largest absolute Gasteiger partial charge is 0.394 e. The Kier molecular flexibility index (Phi) is 4.61. The SMILES string of the molecule is Cc1c[nH]cc1C(=O)NC(C)(CO)c1cc(Cl)cc(Cl)c1. The number of aryl methyl sites for hydroxylation is 1. The lowest BCUT2D eigenvalue weighted by molar-refractivity contribution is 0.0849. The van der Waals surface area contributed by atoms with Crippen LogP contribution in [0.4, 0.5) is 0 Å². The highest BCUT2D eigenvalue weighted by atomic mass is 35.5. The van der Waals surface area contributed by atoms with Gasteiger partial charge in [0, 0.05) is 22.4 Å². The molecule has 1 atom stereocenters. The van der Waals surface area contributed by atoms with Gasteiger partial charge >= 0.3 is 0 Å². The first-order valence-electron chi connectivity index (χ1n) is 6.39. The maximum atomic E-state index is 12.3. The molecule has 21 heavy (non-hydrogen) atoms. The topological polar surface area (TPSA) is 65.1 Å². The standard InChI is InChI=1S/C15H16Cl2N2O2/c1-9-6-18-7-13(9)14(21)19-15(2,8-20)10-3-11(16)5-12(17)4-10/h3-7,18,20H,8H2,1-2H3,(H,19,21). The molecule has 3 N–H and O–H groups in total. The summed E-state index contributed by atoms with van der Waals surface area (Å²) in [6.07, 6.45) is 3.36. The molecular formula is C15H16Cl2N2O2. The molecule has 1 heterocycles. The van der Waals surface area contributed by atoms with E-state index in [0.29, 0.717) is 21.2 Å². The lowest BCUT2D eigenvalue weighted by Gasteiger charge is -2.29. The van der Waals surface area contributed by atoms with Gasteiger partial charge in [-0.25, -0.2) is 0 Å². The van der Waals surface area contributed by atoms with Gasteiger partial charge in [0.1, 0.15) is 0 Å². The zero-order valence-electron chi connectivity index (χ0n) is 11.7. The van der Waals surface area contributed by atoms with Gasteiger partial charge in [0.15, 0.2) is 0 Å². The van der Waals surface area contributed by atoms with Gasteiger partial charge in [0.2, 0.25) is 0 Å². The number of aromatic nitrogens is 1. The number of aliphatic hydroxyl groups excluding tert-OH is 1. The minimum Gasteiger partial charge on any atom is -0.394 e. The monoisotopic (exact) mass is 326 g/mol. The number of benzene rings is 1. The number of hydrogen-bond donors (Lipinski definition) is 3. The van der Waals surface area contributed by atoms with Gasteiger partial charge in [-0.3, -0.25) is 4.79 Å². The van der Waals surface area contributed by atoms with Crippen LogP contribution in [0.5, 0.6) is 0 Å². The van der Waals surface area contributed by atoms with Crippen LogP contribution in [0.1, 0.15) is 28.4 Å². The number of carbonyl (C=O) groups excluding carboxylic acids is 1. The lowest BCUT2D eigenvalue weighted by atomic mass is 9.92. The van der Waals surface area contributed by atoms with Gasteiger partial charge in [-0.1, -0.05) is 23.2 Å². The van der Waals surface area contributed by atoms with Crippen LogP contribution in [0, 0.1) is 6.92 Å². The minimum atomic E-state index is -0.977. The molecule has 0 saturated carbocycles. The van der Waals surface area contributed by atoms with E-state index in [9.17, 15) is 9.90 Å². The summed E-state index contributed by atoms with van der Waals surface area (Å²) in [4.78, 5) is 15.2. The second-order valence-corrected chi connectivity index (χ2v) is 6.03. The molecule has 1 aromatic carbocycles. The first-order chi connectivity index (χ1) is 9.85. The van der Waals surface area contributed by atoms with Gasteiger partial charge in [0.25, 0.3) is 5.91 Å². The molecule has 112 valence electrons. The van der Waals surface area contributed by atoms with Crippen molar-refractivity contribution in [3.63, 3.8) is 0 Å². The summed E-state index contributed by atoms with van der Waals surface area (Å²) in [5.74, 6) is -0.276.